The third kappa shape index (κ3) is 51.7. The molecule has 0 aromatic carbocycles. The summed E-state index contributed by atoms with van der Waals surface area (Å²) < 4.78 is 16.8. The van der Waals surface area contributed by atoms with Crippen LogP contribution >= 0.6 is 0 Å². The van der Waals surface area contributed by atoms with Crippen molar-refractivity contribution in [2.45, 2.75) is 271 Å². The molecule has 0 aliphatic rings. The van der Waals surface area contributed by atoms with Crippen LogP contribution in [0.25, 0.3) is 0 Å². The predicted octanol–water partition coefficient (Wildman–Crippen LogP) is 18.2. The topological polar surface area (TPSA) is 78.9 Å². The maximum Gasteiger partial charge on any atom is 0.306 e. The number of carbonyl (C=O) groups is 3. The Morgan fingerprint density at radius 2 is 0.615 bits per heavy atom. The van der Waals surface area contributed by atoms with Gasteiger partial charge in [-0.3, -0.25) is 14.4 Å². The molecule has 0 heterocycles. The Morgan fingerprint density at radius 1 is 0.323 bits per heavy atom. The first-order chi connectivity index (χ1) is 32.0. The summed E-state index contributed by atoms with van der Waals surface area (Å²) in [7, 11) is 0. The number of hydrogen-bond donors (Lipinski definition) is 0. The van der Waals surface area contributed by atoms with Crippen LogP contribution in [0.4, 0.5) is 0 Å². The molecule has 0 aromatic rings. The molecule has 6 nitrogen and oxygen atoms in total. The molecule has 0 amide bonds. The van der Waals surface area contributed by atoms with Gasteiger partial charge in [0.2, 0.25) is 0 Å². The van der Waals surface area contributed by atoms with Gasteiger partial charge in [0.1, 0.15) is 13.2 Å². The molecule has 0 N–H and O–H groups in total. The molecule has 0 spiro atoms. The first-order valence-electron chi connectivity index (χ1n) is 27.5. The molecule has 0 aliphatic heterocycles. The summed E-state index contributed by atoms with van der Waals surface area (Å²) in [5.41, 5.74) is 0. The molecular formula is C59H102O6. The van der Waals surface area contributed by atoms with E-state index >= 15 is 0 Å². The van der Waals surface area contributed by atoms with Gasteiger partial charge in [0.05, 0.1) is 0 Å². The van der Waals surface area contributed by atoms with Crippen LogP contribution in [0.3, 0.4) is 0 Å². The third-order valence-corrected chi connectivity index (χ3v) is 11.8. The Labute approximate surface area is 402 Å². The normalized spacial score (nSPS) is 12.6. The standard InChI is InChI=1S/C59H102O6/c1-4-7-10-13-16-19-22-25-27-29-30-32-34-37-40-43-46-49-52-58(61)64-55-56(54-63-57(60)51-48-45-42-39-36-33-24-21-18-15-12-9-6-3)65-59(62)53-50-47-44-41-38-35-31-28-26-23-20-17-14-11-8-5-2/h9,12,15,18,21,24,27-32,56H,4-8,10-11,13-14,16-17,19-20,22-23,25-26,33-55H2,1-3H3/b12-9+,18-15+,24-21+,29-27+,31-28+,32-30+. The van der Waals surface area contributed by atoms with Crippen LogP contribution in [0, 0.1) is 0 Å². The number of rotatable bonds is 49. The van der Waals surface area contributed by atoms with Crippen LogP contribution in [0.2, 0.25) is 0 Å². The van der Waals surface area contributed by atoms with Crippen LogP contribution in [-0.2, 0) is 28.6 Å². The van der Waals surface area contributed by atoms with E-state index < -0.39 is 6.10 Å². The summed E-state index contributed by atoms with van der Waals surface area (Å²) in [6, 6.07) is 0. The van der Waals surface area contributed by atoms with Gasteiger partial charge in [-0.15, -0.1) is 0 Å². The second-order valence-corrected chi connectivity index (χ2v) is 18.2. The molecule has 0 bridgehead atoms. The van der Waals surface area contributed by atoms with E-state index in [4.69, 9.17) is 14.2 Å². The molecule has 65 heavy (non-hydrogen) atoms. The molecule has 1 unspecified atom stereocenters. The molecule has 0 rings (SSSR count). The fourth-order valence-electron chi connectivity index (χ4n) is 7.60. The lowest BCUT2D eigenvalue weighted by molar-refractivity contribution is -0.167. The minimum Gasteiger partial charge on any atom is -0.462 e. The van der Waals surface area contributed by atoms with Gasteiger partial charge >= 0.3 is 17.9 Å². The van der Waals surface area contributed by atoms with Gasteiger partial charge in [-0.25, -0.2) is 0 Å². The molecule has 374 valence electrons. The first-order valence-corrected chi connectivity index (χ1v) is 27.5. The van der Waals surface area contributed by atoms with E-state index in [1.807, 2.05) is 0 Å². The second-order valence-electron chi connectivity index (χ2n) is 18.2. The van der Waals surface area contributed by atoms with E-state index in [-0.39, 0.29) is 31.1 Å². The average molecular weight is 907 g/mol. The highest BCUT2D eigenvalue weighted by atomic mass is 16.6. The lowest BCUT2D eigenvalue weighted by Crippen LogP contribution is -2.30. The Morgan fingerprint density at radius 3 is 0.985 bits per heavy atom. The summed E-state index contributed by atoms with van der Waals surface area (Å²) >= 11 is 0. The van der Waals surface area contributed by atoms with Crippen molar-refractivity contribution < 1.29 is 28.6 Å². The predicted molar refractivity (Wildman–Crippen MR) is 279 cm³/mol. The monoisotopic (exact) mass is 907 g/mol. The van der Waals surface area contributed by atoms with Gasteiger partial charge in [0, 0.05) is 19.3 Å². The molecule has 0 aliphatic carbocycles. The molecule has 0 radical (unpaired) electrons. The van der Waals surface area contributed by atoms with Gasteiger partial charge in [0.15, 0.2) is 6.10 Å². The van der Waals surface area contributed by atoms with Crippen LogP contribution in [0.1, 0.15) is 265 Å². The second kappa shape index (κ2) is 53.5. The van der Waals surface area contributed by atoms with E-state index in [1.54, 1.807) is 0 Å². The number of esters is 3. The highest BCUT2D eigenvalue weighted by molar-refractivity contribution is 5.71. The van der Waals surface area contributed by atoms with E-state index in [2.05, 4.69) is 93.7 Å². The maximum absolute atomic E-state index is 12.8. The van der Waals surface area contributed by atoms with E-state index in [0.717, 1.165) is 116 Å². The van der Waals surface area contributed by atoms with Crippen molar-refractivity contribution in [3.8, 4) is 0 Å². The van der Waals surface area contributed by atoms with Crippen LogP contribution in [0.15, 0.2) is 72.9 Å². The largest absolute Gasteiger partial charge is 0.462 e. The molecule has 1 atom stereocenters. The zero-order chi connectivity index (χ0) is 47.2. The number of allylic oxidation sites excluding steroid dienone is 12. The lowest BCUT2D eigenvalue weighted by atomic mass is 10.1. The van der Waals surface area contributed by atoms with Crippen molar-refractivity contribution in [2.75, 3.05) is 13.2 Å². The van der Waals surface area contributed by atoms with Gasteiger partial charge in [-0.1, -0.05) is 229 Å². The minimum atomic E-state index is -0.794. The van der Waals surface area contributed by atoms with Gasteiger partial charge < -0.3 is 14.2 Å². The van der Waals surface area contributed by atoms with E-state index in [0.29, 0.717) is 19.3 Å². The van der Waals surface area contributed by atoms with Crippen LogP contribution in [-0.4, -0.2) is 37.2 Å². The lowest BCUT2D eigenvalue weighted by Gasteiger charge is -2.18. The van der Waals surface area contributed by atoms with Crippen molar-refractivity contribution in [2.24, 2.45) is 0 Å². The van der Waals surface area contributed by atoms with Gasteiger partial charge in [-0.2, -0.15) is 0 Å². The Hall–Kier alpha value is -3.15. The van der Waals surface area contributed by atoms with E-state index in [9.17, 15) is 14.4 Å². The SMILES string of the molecule is CC/C=C/C=C/C=C/CCCCCCCC(=O)OCC(COC(=O)CCCCCCC/C=C/C=C/CCCCCCCCC)OC(=O)CCCCCCC/C=C/CCCCCCCCC. The Balaban J connectivity index is 4.43. The number of ether oxygens (including phenoxy) is 3. The van der Waals surface area contributed by atoms with Crippen molar-refractivity contribution in [1.29, 1.82) is 0 Å². The molecule has 6 heteroatoms. The smallest absolute Gasteiger partial charge is 0.306 e. The van der Waals surface area contributed by atoms with Gasteiger partial charge in [-0.05, 0) is 89.9 Å². The summed E-state index contributed by atoms with van der Waals surface area (Å²) in [5, 5.41) is 0. The molecule has 0 aromatic heterocycles. The minimum absolute atomic E-state index is 0.0934. The van der Waals surface area contributed by atoms with Crippen LogP contribution < -0.4 is 0 Å². The highest BCUT2D eigenvalue weighted by Gasteiger charge is 2.19. The molecule has 0 saturated carbocycles. The summed E-state index contributed by atoms with van der Waals surface area (Å²) in [6.07, 6.45) is 67.4. The molecule has 0 fully saturated rings. The van der Waals surface area contributed by atoms with E-state index in [1.165, 1.54) is 109 Å². The number of unbranched alkanes of at least 4 members (excludes halogenated alkanes) is 29. The quantitative estimate of drug-likeness (QED) is 0.0199. The fourth-order valence-corrected chi connectivity index (χ4v) is 7.60. The third-order valence-electron chi connectivity index (χ3n) is 11.8. The average Bonchev–Trinajstić information content (AvgIpc) is 3.30. The Kier molecular flexibility index (Phi) is 50.9. The van der Waals surface area contributed by atoms with Crippen molar-refractivity contribution in [3.63, 3.8) is 0 Å². The molecular weight excluding hydrogens is 805 g/mol. The van der Waals surface area contributed by atoms with Crippen LogP contribution in [0.5, 0.6) is 0 Å². The zero-order valence-corrected chi connectivity index (χ0v) is 42.7. The maximum atomic E-state index is 12.8. The van der Waals surface area contributed by atoms with Crippen molar-refractivity contribution >= 4 is 17.9 Å². The molecule has 0 saturated heterocycles. The first kappa shape index (κ1) is 61.9. The number of hydrogen-bond acceptors (Lipinski definition) is 6. The summed E-state index contributed by atoms with van der Waals surface area (Å²) in [4.78, 5) is 38.1. The summed E-state index contributed by atoms with van der Waals surface area (Å²) in [6.45, 7) is 6.47. The van der Waals surface area contributed by atoms with Crippen molar-refractivity contribution in [3.05, 3.63) is 72.9 Å². The zero-order valence-electron chi connectivity index (χ0n) is 42.7. The summed E-state index contributed by atoms with van der Waals surface area (Å²) in [5.74, 6) is -0.932. The highest BCUT2D eigenvalue weighted by Crippen LogP contribution is 2.14. The Bertz CT molecular complexity index is 1230. The van der Waals surface area contributed by atoms with Gasteiger partial charge in [0.25, 0.3) is 0 Å². The number of carbonyl (C=O) groups excluding carboxylic acids is 3. The fraction of sp³-hybridized carbons (Fsp3) is 0.746. The van der Waals surface area contributed by atoms with Crippen molar-refractivity contribution in [1.82, 2.24) is 0 Å².